The lowest BCUT2D eigenvalue weighted by molar-refractivity contribution is 0.0781. The zero-order valence-electron chi connectivity index (χ0n) is 11.1. The van der Waals surface area contributed by atoms with E-state index in [1.807, 2.05) is 6.07 Å². The van der Waals surface area contributed by atoms with Crippen molar-refractivity contribution in [3.05, 3.63) is 41.4 Å². The molecule has 19 heavy (non-hydrogen) atoms. The molecule has 0 saturated carbocycles. The summed E-state index contributed by atoms with van der Waals surface area (Å²) in [5.41, 5.74) is 2.07. The van der Waals surface area contributed by atoms with E-state index >= 15 is 0 Å². The molecule has 0 spiro atoms. The molecule has 0 aromatic heterocycles. The monoisotopic (exact) mass is 264 g/mol. The number of fused-ring (bicyclic) bond motifs is 1. The van der Waals surface area contributed by atoms with E-state index in [1.54, 1.807) is 31.1 Å². The van der Waals surface area contributed by atoms with Crippen LogP contribution in [0, 0.1) is 0 Å². The number of benzene rings is 1. The second kappa shape index (κ2) is 5.73. The van der Waals surface area contributed by atoms with E-state index in [4.69, 9.17) is 4.74 Å². The quantitative estimate of drug-likeness (QED) is 0.900. The van der Waals surface area contributed by atoms with Crippen molar-refractivity contribution in [3.8, 4) is 5.75 Å². The van der Waals surface area contributed by atoms with Gasteiger partial charge in [0.05, 0.1) is 5.70 Å². The first kappa shape index (κ1) is 13.4. The highest BCUT2D eigenvalue weighted by atomic mass is 19.1. The molecular weight excluding hydrogens is 247 g/mol. The van der Waals surface area contributed by atoms with Crippen LogP contribution in [0.3, 0.4) is 0 Å². The Labute approximate surface area is 111 Å². The molecule has 0 saturated heterocycles. The fourth-order valence-electron chi connectivity index (χ4n) is 1.99. The third-order valence-corrected chi connectivity index (χ3v) is 3.22. The molecule has 5 heteroatoms. The van der Waals surface area contributed by atoms with E-state index in [1.165, 1.54) is 0 Å². The predicted molar refractivity (Wildman–Crippen MR) is 70.9 cm³/mol. The molecule has 1 amide bonds. The zero-order chi connectivity index (χ0) is 13.8. The number of nitrogens with one attached hydrogen (secondary N) is 1. The molecule has 0 radical (unpaired) electrons. The van der Waals surface area contributed by atoms with E-state index in [-0.39, 0.29) is 12.5 Å². The molecule has 1 aliphatic heterocycles. The van der Waals surface area contributed by atoms with Gasteiger partial charge in [0.15, 0.2) is 0 Å². The maximum absolute atomic E-state index is 12.4. The van der Waals surface area contributed by atoms with Crippen molar-refractivity contribution in [2.45, 2.75) is 6.42 Å². The van der Waals surface area contributed by atoms with Gasteiger partial charge in [-0.15, -0.1) is 0 Å². The number of ether oxygens (including phenoxy) is 1. The van der Waals surface area contributed by atoms with E-state index in [0.717, 1.165) is 17.5 Å². The highest BCUT2D eigenvalue weighted by Gasteiger charge is 2.21. The van der Waals surface area contributed by atoms with Crippen LogP contribution in [0.15, 0.2) is 30.2 Å². The lowest BCUT2D eigenvalue weighted by Crippen LogP contribution is -2.34. The van der Waals surface area contributed by atoms with Gasteiger partial charge in [0.2, 0.25) is 0 Å². The van der Waals surface area contributed by atoms with Gasteiger partial charge in [0.1, 0.15) is 18.7 Å². The highest BCUT2D eigenvalue weighted by Crippen LogP contribution is 2.23. The van der Waals surface area contributed by atoms with Crippen molar-refractivity contribution in [1.29, 1.82) is 0 Å². The van der Waals surface area contributed by atoms with Crippen LogP contribution < -0.4 is 10.1 Å². The number of rotatable bonds is 4. The Bertz CT molecular complexity index is 514. The average molecular weight is 264 g/mol. The number of likely N-dealkylation sites (N-methyl/N-ethyl adjacent to an activating group) is 2. The van der Waals surface area contributed by atoms with Gasteiger partial charge in [-0.1, -0.05) is 0 Å². The minimum absolute atomic E-state index is 0.0346. The number of hydrogen-bond donors (Lipinski definition) is 1. The Hall–Kier alpha value is -2.04. The molecule has 0 unspecified atom stereocenters. The predicted octanol–water partition coefficient (Wildman–Crippen LogP) is 1.72. The topological polar surface area (TPSA) is 41.6 Å². The minimum atomic E-state index is 0.0346. The van der Waals surface area contributed by atoms with Crippen LogP contribution >= 0.6 is 0 Å². The van der Waals surface area contributed by atoms with Crippen molar-refractivity contribution < 1.29 is 13.9 Å². The summed E-state index contributed by atoms with van der Waals surface area (Å²) in [6, 6.07) is 5.36. The second-order valence-electron chi connectivity index (χ2n) is 4.47. The van der Waals surface area contributed by atoms with Crippen LogP contribution in [0.25, 0.3) is 0 Å². The van der Waals surface area contributed by atoms with Gasteiger partial charge < -0.3 is 15.0 Å². The Morgan fingerprint density at radius 3 is 3.05 bits per heavy atom. The van der Waals surface area contributed by atoms with Crippen molar-refractivity contribution >= 4 is 5.91 Å². The van der Waals surface area contributed by atoms with Crippen LogP contribution in [-0.2, 0) is 6.42 Å². The Morgan fingerprint density at radius 2 is 2.37 bits per heavy atom. The molecule has 1 aromatic rings. The van der Waals surface area contributed by atoms with Gasteiger partial charge in [-0.3, -0.25) is 4.79 Å². The van der Waals surface area contributed by atoms with Gasteiger partial charge in [-0.25, -0.2) is 4.39 Å². The summed E-state index contributed by atoms with van der Waals surface area (Å²) in [6.07, 6.45) is 1.30. The number of amides is 1. The van der Waals surface area contributed by atoms with Gasteiger partial charge in [-0.05, 0) is 30.2 Å². The summed E-state index contributed by atoms with van der Waals surface area (Å²) < 4.78 is 17.9. The lowest BCUT2D eigenvalue weighted by Gasteiger charge is -2.25. The zero-order valence-corrected chi connectivity index (χ0v) is 11.1. The summed E-state index contributed by atoms with van der Waals surface area (Å²) in [4.78, 5) is 13.6. The first-order chi connectivity index (χ1) is 9.15. The summed E-state index contributed by atoms with van der Waals surface area (Å²) in [7, 11) is 3.43. The number of carbonyl (C=O) groups is 1. The normalized spacial score (nSPS) is 15.2. The van der Waals surface area contributed by atoms with E-state index in [0.29, 0.717) is 24.3 Å². The SMILES string of the molecule is CN/C(=C/F)COc1ccc2c(c1)CCN(C)C2=O. The van der Waals surface area contributed by atoms with Crippen molar-refractivity contribution in [2.75, 3.05) is 27.2 Å². The number of halogens is 1. The molecule has 0 fully saturated rings. The van der Waals surface area contributed by atoms with Gasteiger partial charge >= 0.3 is 0 Å². The van der Waals surface area contributed by atoms with Gasteiger partial charge in [-0.2, -0.15) is 0 Å². The first-order valence-electron chi connectivity index (χ1n) is 6.14. The van der Waals surface area contributed by atoms with Crippen molar-refractivity contribution in [3.63, 3.8) is 0 Å². The molecule has 1 N–H and O–H groups in total. The molecule has 102 valence electrons. The molecule has 1 aromatic carbocycles. The summed E-state index contributed by atoms with van der Waals surface area (Å²) in [5, 5.41) is 2.70. The van der Waals surface area contributed by atoms with Crippen LogP contribution in [0.2, 0.25) is 0 Å². The molecule has 2 rings (SSSR count). The molecule has 1 aliphatic rings. The Kier molecular flexibility index (Phi) is 4.04. The number of carbonyl (C=O) groups excluding carboxylic acids is 1. The number of nitrogens with zero attached hydrogens (tertiary/aromatic N) is 1. The summed E-state index contributed by atoms with van der Waals surface area (Å²) in [6.45, 7) is 0.848. The molecule has 0 aliphatic carbocycles. The molecule has 0 bridgehead atoms. The van der Waals surface area contributed by atoms with Crippen molar-refractivity contribution in [2.24, 2.45) is 0 Å². The maximum atomic E-state index is 12.4. The van der Waals surface area contributed by atoms with E-state index in [2.05, 4.69) is 5.32 Å². The first-order valence-corrected chi connectivity index (χ1v) is 6.14. The number of hydrogen-bond acceptors (Lipinski definition) is 3. The van der Waals surface area contributed by atoms with Crippen molar-refractivity contribution in [1.82, 2.24) is 10.2 Å². The van der Waals surface area contributed by atoms with Crippen LogP contribution in [0.1, 0.15) is 15.9 Å². The molecule has 4 nitrogen and oxygen atoms in total. The van der Waals surface area contributed by atoms with Crippen LogP contribution in [-0.4, -0.2) is 38.1 Å². The second-order valence-corrected chi connectivity index (χ2v) is 4.47. The fourth-order valence-corrected chi connectivity index (χ4v) is 1.99. The van der Waals surface area contributed by atoms with E-state index in [9.17, 15) is 9.18 Å². The van der Waals surface area contributed by atoms with Gasteiger partial charge in [0, 0.05) is 26.2 Å². The van der Waals surface area contributed by atoms with Crippen LogP contribution in [0.4, 0.5) is 4.39 Å². The minimum Gasteiger partial charge on any atom is -0.487 e. The summed E-state index contributed by atoms with van der Waals surface area (Å²) >= 11 is 0. The van der Waals surface area contributed by atoms with Gasteiger partial charge in [0.25, 0.3) is 5.91 Å². The third-order valence-electron chi connectivity index (χ3n) is 3.22. The average Bonchev–Trinajstić information content (AvgIpc) is 2.44. The van der Waals surface area contributed by atoms with Crippen LogP contribution in [0.5, 0.6) is 5.75 Å². The standard InChI is InChI=1S/C14H17FN2O2/c1-16-11(8-15)9-19-12-3-4-13-10(7-12)5-6-17(2)14(13)18/h3-4,7-8,16H,5-6,9H2,1-2H3/b11-8+. The Morgan fingerprint density at radius 1 is 1.58 bits per heavy atom. The largest absolute Gasteiger partial charge is 0.487 e. The highest BCUT2D eigenvalue weighted by molar-refractivity contribution is 5.96. The lowest BCUT2D eigenvalue weighted by atomic mass is 9.99. The third kappa shape index (κ3) is 2.86. The maximum Gasteiger partial charge on any atom is 0.253 e. The Balaban J connectivity index is 2.12. The fraction of sp³-hybridized carbons (Fsp3) is 0.357. The molecule has 1 heterocycles. The smallest absolute Gasteiger partial charge is 0.253 e. The molecular formula is C14H17FN2O2. The summed E-state index contributed by atoms with van der Waals surface area (Å²) in [5.74, 6) is 0.679. The van der Waals surface area contributed by atoms with E-state index < -0.39 is 0 Å². The molecule has 0 atom stereocenters.